The Hall–Kier alpha value is -1.10. The molecule has 104 valence electrons. The molecule has 1 heterocycles. The maximum Gasteiger partial charge on any atom is 0.322 e. The predicted molar refractivity (Wildman–Crippen MR) is 70.4 cm³/mol. The average Bonchev–Trinajstić information content (AvgIpc) is 2.18. The predicted octanol–water partition coefficient (Wildman–Crippen LogP) is -0.0745. The second-order valence-corrected chi connectivity index (χ2v) is 6.36. The molecule has 0 unspecified atom stereocenters. The number of amides is 3. The quantitative estimate of drug-likeness (QED) is 0.647. The Labute approximate surface area is 109 Å². The molecule has 1 saturated heterocycles. The Bertz CT molecular complexity index is 302. The van der Waals surface area contributed by atoms with E-state index in [4.69, 9.17) is 0 Å². The van der Waals surface area contributed by atoms with Crippen LogP contribution in [0, 0.1) is 5.92 Å². The summed E-state index contributed by atoms with van der Waals surface area (Å²) in [6.45, 7) is 10.3. The van der Waals surface area contributed by atoms with E-state index in [1.54, 1.807) is 0 Å². The van der Waals surface area contributed by atoms with Gasteiger partial charge in [0.05, 0.1) is 13.1 Å². The number of likely N-dealkylation sites (tertiary alicyclic amines) is 1. The molecule has 5 nitrogen and oxygen atoms in total. The zero-order valence-corrected chi connectivity index (χ0v) is 11.9. The highest BCUT2D eigenvalue weighted by Gasteiger charge is 2.22. The van der Waals surface area contributed by atoms with Crippen molar-refractivity contribution in [2.75, 3.05) is 19.6 Å². The fourth-order valence-corrected chi connectivity index (χ4v) is 2.12. The smallest absolute Gasteiger partial charge is 0.322 e. The van der Waals surface area contributed by atoms with E-state index in [1.165, 1.54) is 4.90 Å². The molecule has 0 aliphatic carbocycles. The standard InChI is InChI=1S/C13H25N3O2/c1-10-5-7-16(8-6-10)9-11(17)14-12(18)15-13(2,3)4/h10H,5-9H2,1-4H3,(H2,14,15,17,18)/p+1. The molecule has 18 heavy (non-hydrogen) atoms. The van der Waals surface area contributed by atoms with Crippen molar-refractivity contribution in [3.8, 4) is 0 Å². The van der Waals surface area contributed by atoms with Crippen LogP contribution in [0.3, 0.4) is 0 Å². The van der Waals surface area contributed by atoms with E-state index in [0.29, 0.717) is 6.54 Å². The van der Waals surface area contributed by atoms with E-state index in [9.17, 15) is 9.59 Å². The van der Waals surface area contributed by atoms with Crippen molar-refractivity contribution in [1.29, 1.82) is 0 Å². The molecule has 0 aromatic heterocycles. The Balaban J connectivity index is 2.27. The topological polar surface area (TPSA) is 62.6 Å². The molecule has 0 spiro atoms. The third kappa shape index (κ3) is 6.00. The molecule has 5 heteroatoms. The van der Waals surface area contributed by atoms with Crippen LogP contribution in [0.25, 0.3) is 0 Å². The van der Waals surface area contributed by atoms with Gasteiger partial charge in [0, 0.05) is 5.54 Å². The van der Waals surface area contributed by atoms with Gasteiger partial charge in [0.1, 0.15) is 0 Å². The minimum Gasteiger partial charge on any atom is -0.333 e. The molecule has 3 N–H and O–H groups in total. The van der Waals surface area contributed by atoms with Crippen LogP contribution in [-0.2, 0) is 4.79 Å². The van der Waals surface area contributed by atoms with Crippen molar-refractivity contribution in [3.05, 3.63) is 0 Å². The first-order valence-corrected chi connectivity index (χ1v) is 6.72. The highest BCUT2D eigenvalue weighted by Crippen LogP contribution is 2.06. The number of hydrogen-bond acceptors (Lipinski definition) is 2. The van der Waals surface area contributed by atoms with Crippen LogP contribution < -0.4 is 15.5 Å². The van der Waals surface area contributed by atoms with Gasteiger partial charge < -0.3 is 10.2 Å². The lowest BCUT2D eigenvalue weighted by Crippen LogP contribution is -3.14. The highest BCUT2D eigenvalue weighted by atomic mass is 16.2. The van der Waals surface area contributed by atoms with E-state index in [-0.39, 0.29) is 11.4 Å². The molecule has 0 saturated carbocycles. The number of urea groups is 1. The van der Waals surface area contributed by atoms with Gasteiger partial charge in [0.2, 0.25) is 0 Å². The summed E-state index contributed by atoms with van der Waals surface area (Å²) in [5, 5.41) is 5.10. The lowest BCUT2D eigenvalue weighted by molar-refractivity contribution is -0.898. The molecule has 0 radical (unpaired) electrons. The summed E-state index contributed by atoms with van der Waals surface area (Å²) in [5.41, 5.74) is -0.322. The monoisotopic (exact) mass is 256 g/mol. The summed E-state index contributed by atoms with van der Waals surface area (Å²) in [7, 11) is 0. The zero-order valence-electron chi connectivity index (χ0n) is 11.9. The Morgan fingerprint density at radius 3 is 2.28 bits per heavy atom. The minimum atomic E-state index is -0.405. The number of hydrogen-bond donors (Lipinski definition) is 3. The van der Waals surface area contributed by atoms with Gasteiger partial charge in [-0.3, -0.25) is 10.1 Å². The second kappa shape index (κ2) is 6.18. The molecular weight excluding hydrogens is 230 g/mol. The number of carbonyl (C=O) groups excluding carboxylic acids is 2. The lowest BCUT2D eigenvalue weighted by atomic mass is 9.99. The summed E-state index contributed by atoms with van der Waals surface area (Å²) < 4.78 is 0. The molecule has 1 aliphatic heterocycles. The maximum absolute atomic E-state index is 11.7. The van der Waals surface area contributed by atoms with Gasteiger partial charge in [-0.25, -0.2) is 4.79 Å². The first-order chi connectivity index (χ1) is 8.26. The van der Waals surface area contributed by atoms with Crippen molar-refractivity contribution in [2.24, 2.45) is 5.92 Å². The zero-order chi connectivity index (χ0) is 13.8. The highest BCUT2D eigenvalue weighted by molar-refractivity contribution is 5.94. The van der Waals surface area contributed by atoms with Crippen LogP contribution >= 0.6 is 0 Å². The van der Waals surface area contributed by atoms with Crippen LogP contribution in [0.1, 0.15) is 40.5 Å². The van der Waals surface area contributed by atoms with Gasteiger partial charge in [-0.2, -0.15) is 0 Å². The summed E-state index contributed by atoms with van der Waals surface area (Å²) in [5.74, 6) is 0.572. The Kier molecular flexibility index (Phi) is 5.14. The lowest BCUT2D eigenvalue weighted by Gasteiger charge is -2.27. The van der Waals surface area contributed by atoms with Crippen molar-refractivity contribution in [3.63, 3.8) is 0 Å². The largest absolute Gasteiger partial charge is 0.333 e. The minimum absolute atomic E-state index is 0.193. The fourth-order valence-electron chi connectivity index (χ4n) is 2.12. The first kappa shape index (κ1) is 15.0. The Morgan fingerprint density at radius 2 is 1.78 bits per heavy atom. The van der Waals surface area contributed by atoms with E-state index >= 15 is 0 Å². The van der Waals surface area contributed by atoms with Crippen LogP contribution in [0.4, 0.5) is 4.79 Å². The second-order valence-electron chi connectivity index (χ2n) is 6.36. The van der Waals surface area contributed by atoms with Crippen LogP contribution in [-0.4, -0.2) is 37.1 Å². The number of quaternary nitrogens is 1. The van der Waals surface area contributed by atoms with Crippen LogP contribution in [0.2, 0.25) is 0 Å². The summed E-state index contributed by atoms with van der Waals surface area (Å²) in [4.78, 5) is 24.5. The normalized spacial score (nSPS) is 24.4. The molecule has 0 aromatic rings. The molecule has 1 fully saturated rings. The van der Waals surface area contributed by atoms with Crippen molar-refractivity contribution >= 4 is 11.9 Å². The molecule has 1 rings (SSSR count). The number of rotatable bonds is 2. The van der Waals surface area contributed by atoms with E-state index in [2.05, 4.69) is 17.6 Å². The van der Waals surface area contributed by atoms with E-state index < -0.39 is 6.03 Å². The molecule has 3 amide bonds. The van der Waals surface area contributed by atoms with Crippen molar-refractivity contribution < 1.29 is 14.5 Å². The van der Waals surface area contributed by atoms with Crippen molar-refractivity contribution in [1.82, 2.24) is 10.6 Å². The van der Waals surface area contributed by atoms with Gasteiger partial charge >= 0.3 is 6.03 Å². The number of piperidine rings is 1. The third-order valence-electron chi connectivity index (χ3n) is 3.13. The summed E-state index contributed by atoms with van der Waals surface area (Å²) in [6.07, 6.45) is 2.33. The maximum atomic E-state index is 11.7. The van der Waals surface area contributed by atoms with Crippen molar-refractivity contribution in [2.45, 2.75) is 46.1 Å². The van der Waals surface area contributed by atoms with Gasteiger partial charge in [-0.15, -0.1) is 0 Å². The van der Waals surface area contributed by atoms with Crippen LogP contribution in [0.15, 0.2) is 0 Å². The van der Waals surface area contributed by atoms with E-state index in [0.717, 1.165) is 31.8 Å². The molecular formula is C13H26N3O2+. The van der Waals surface area contributed by atoms with Gasteiger partial charge in [-0.05, 0) is 39.5 Å². The van der Waals surface area contributed by atoms with E-state index in [1.807, 2.05) is 20.8 Å². The molecule has 0 atom stereocenters. The first-order valence-electron chi connectivity index (χ1n) is 6.72. The number of carbonyl (C=O) groups is 2. The molecule has 0 bridgehead atoms. The SMILES string of the molecule is CC1CC[NH+](CC(=O)NC(=O)NC(C)(C)C)CC1. The van der Waals surface area contributed by atoms with Gasteiger partial charge in [0.25, 0.3) is 5.91 Å². The fraction of sp³-hybridized carbons (Fsp3) is 0.846. The molecule has 1 aliphatic rings. The number of imide groups is 1. The number of nitrogens with one attached hydrogen (secondary N) is 3. The summed E-state index contributed by atoms with van der Waals surface area (Å²) in [6, 6.07) is -0.405. The Morgan fingerprint density at radius 1 is 1.22 bits per heavy atom. The van der Waals surface area contributed by atoms with Crippen LogP contribution in [0.5, 0.6) is 0 Å². The average molecular weight is 256 g/mol. The third-order valence-corrected chi connectivity index (χ3v) is 3.13. The van der Waals surface area contributed by atoms with Gasteiger partial charge in [-0.1, -0.05) is 6.92 Å². The van der Waals surface area contributed by atoms with Gasteiger partial charge in [0.15, 0.2) is 6.54 Å². The molecule has 0 aromatic carbocycles. The summed E-state index contributed by atoms with van der Waals surface area (Å²) >= 11 is 0.